The number of pyridine rings is 1. The van der Waals surface area contributed by atoms with Gasteiger partial charge in [0.1, 0.15) is 5.69 Å². The Balaban J connectivity index is 2.75. The lowest BCUT2D eigenvalue weighted by Gasteiger charge is -2.29. The highest BCUT2D eigenvalue weighted by Crippen LogP contribution is 2.08. The van der Waals surface area contributed by atoms with Crippen molar-refractivity contribution in [3.8, 4) is 0 Å². The Hall–Kier alpha value is -1.46. The van der Waals surface area contributed by atoms with Crippen LogP contribution >= 0.6 is 0 Å². The average molecular weight is 265 g/mol. The molecule has 0 aliphatic heterocycles. The first-order chi connectivity index (χ1) is 8.93. The molecule has 1 atom stereocenters. The summed E-state index contributed by atoms with van der Waals surface area (Å²) in [5.74, 6) is -0.980. The van der Waals surface area contributed by atoms with Crippen molar-refractivity contribution in [1.29, 1.82) is 0 Å². The van der Waals surface area contributed by atoms with Crippen molar-refractivity contribution < 1.29 is 9.90 Å². The lowest BCUT2D eigenvalue weighted by Crippen LogP contribution is -2.39. The molecule has 1 unspecified atom stereocenters. The maximum atomic E-state index is 10.9. The Kier molecular flexibility index (Phi) is 5.92. The number of carboxylic acid groups (broad SMARTS) is 1. The van der Waals surface area contributed by atoms with Crippen LogP contribution in [-0.2, 0) is 6.54 Å². The minimum absolute atomic E-state index is 0.105. The fourth-order valence-electron chi connectivity index (χ4n) is 2.12. The fraction of sp³-hybridized carbons (Fsp3) is 0.571. The molecule has 0 fully saturated rings. The van der Waals surface area contributed by atoms with E-state index in [4.69, 9.17) is 5.11 Å². The van der Waals surface area contributed by atoms with E-state index < -0.39 is 5.97 Å². The SMILES string of the molecule is CCN(Cc1cccc(C(=O)O)n1)C(C)CN(C)C. The molecule has 0 saturated heterocycles. The topological polar surface area (TPSA) is 56.7 Å². The summed E-state index contributed by atoms with van der Waals surface area (Å²) in [5, 5.41) is 8.95. The monoisotopic (exact) mass is 265 g/mol. The van der Waals surface area contributed by atoms with Crippen LogP contribution in [0.25, 0.3) is 0 Å². The van der Waals surface area contributed by atoms with Gasteiger partial charge < -0.3 is 10.0 Å². The van der Waals surface area contributed by atoms with Crippen molar-refractivity contribution in [3.05, 3.63) is 29.6 Å². The third-order valence-corrected chi connectivity index (χ3v) is 3.05. The van der Waals surface area contributed by atoms with Gasteiger partial charge in [0, 0.05) is 19.1 Å². The van der Waals surface area contributed by atoms with Crippen LogP contribution in [0.2, 0.25) is 0 Å². The first-order valence-electron chi connectivity index (χ1n) is 6.52. The van der Waals surface area contributed by atoms with Crippen molar-refractivity contribution in [2.24, 2.45) is 0 Å². The lowest BCUT2D eigenvalue weighted by atomic mass is 10.2. The summed E-state index contributed by atoms with van der Waals surface area (Å²) in [6.07, 6.45) is 0. The first-order valence-corrected chi connectivity index (χ1v) is 6.52. The molecule has 1 rings (SSSR count). The Morgan fingerprint density at radius 1 is 1.42 bits per heavy atom. The molecule has 0 bridgehead atoms. The van der Waals surface area contributed by atoms with Gasteiger partial charge in [-0.2, -0.15) is 0 Å². The smallest absolute Gasteiger partial charge is 0.354 e. The molecule has 106 valence electrons. The zero-order valence-electron chi connectivity index (χ0n) is 12.1. The van der Waals surface area contributed by atoms with E-state index in [9.17, 15) is 4.79 Å². The normalized spacial score (nSPS) is 12.9. The minimum Gasteiger partial charge on any atom is -0.477 e. The second-order valence-electron chi connectivity index (χ2n) is 4.99. The number of hydrogen-bond acceptors (Lipinski definition) is 4. The number of nitrogens with zero attached hydrogens (tertiary/aromatic N) is 3. The maximum Gasteiger partial charge on any atom is 0.354 e. The van der Waals surface area contributed by atoms with Gasteiger partial charge in [0.15, 0.2) is 0 Å². The molecule has 0 aromatic carbocycles. The van der Waals surface area contributed by atoms with Gasteiger partial charge in [0.05, 0.1) is 5.69 Å². The number of likely N-dealkylation sites (N-methyl/N-ethyl adjacent to an activating group) is 2. The van der Waals surface area contributed by atoms with Crippen molar-refractivity contribution in [2.75, 3.05) is 27.2 Å². The molecule has 0 radical (unpaired) electrons. The van der Waals surface area contributed by atoms with E-state index in [1.54, 1.807) is 6.07 Å². The molecule has 5 nitrogen and oxygen atoms in total. The van der Waals surface area contributed by atoms with Gasteiger partial charge in [-0.1, -0.05) is 13.0 Å². The van der Waals surface area contributed by atoms with Crippen LogP contribution in [0.5, 0.6) is 0 Å². The third-order valence-electron chi connectivity index (χ3n) is 3.05. The van der Waals surface area contributed by atoms with Gasteiger partial charge in [-0.05, 0) is 39.7 Å². The van der Waals surface area contributed by atoms with Crippen LogP contribution < -0.4 is 0 Å². The van der Waals surface area contributed by atoms with Crippen molar-refractivity contribution >= 4 is 5.97 Å². The molecule has 1 N–H and O–H groups in total. The fourth-order valence-corrected chi connectivity index (χ4v) is 2.12. The number of aromatic carboxylic acids is 1. The van der Waals surface area contributed by atoms with E-state index in [2.05, 4.69) is 28.6 Å². The second kappa shape index (κ2) is 7.21. The average Bonchev–Trinajstić information content (AvgIpc) is 2.35. The van der Waals surface area contributed by atoms with Gasteiger partial charge in [0.25, 0.3) is 0 Å². The van der Waals surface area contributed by atoms with E-state index in [0.717, 1.165) is 18.8 Å². The van der Waals surface area contributed by atoms with Gasteiger partial charge in [0.2, 0.25) is 0 Å². The summed E-state index contributed by atoms with van der Waals surface area (Å²) < 4.78 is 0. The molecule has 19 heavy (non-hydrogen) atoms. The van der Waals surface area contributed by atoms with Gasteiger partial charge in [-0.3, -0.25) is 4.90 Å². The minimum atomic E-state index is -0.980. The Morgan fingerprint density at radius 3 is 2.63 bits per heavy atom. The molecule has 0 spiro atoms. The summed E-state index contributed by atoms with van der Waals surface area (Å²) in [6, 6.07) is 5.54. The highest BCUT2D eigenvalue weighted by Gasteiger charge is 2.14. The number of hydrogen-bond donors (Lipinski definition) is 1. The molecule has 5 heteroatoms. The molecule has 0 saturated carbocycles. The number of aromatic nitrogens is 1. The third kappa shape index (κ3) is 4.96. The number of rotatable bonds is 7. The highest BCUT2D eigenvalue weighted by atomic mass is 16.4. The van der Waals surface area contributed by atoms with E-state index >= 15 is 0 Å². The first kappa shape index (κ1) is 15.6. The van der Waals surface area contributed by atoms with E-state index in [0.29, 0.717) is 12.6 Å². The Morgan fingerprint density at radius 2 is 2.11 bits per heavy atom. The summed E-state index contributed by atoms with van der Waals surface area (Å²) in [4.78, 5) is 19.5. The van der Waals surface area contributed by atoms with E-state index in [1.165, 1.54) is 6.07 Å². The molecule has 1 aromatic heterocycles. The molecule has 0 aliphatic rings. The number of carboxylic acids is 1. The molecule has 1 heterocycles. The molecule has 0 amide bonds. The standard InChI is InChI=1S/C14H23N3O2/c1-5-17(11(2)9-16(3)4)10-12-7-6-8-13(15-12)14(18)19/h6-8,11H,5,9-10H2,1-4H3,(H,18,19). The zero-order chi connectivity index (χ0) is 14.4. The van der Waals surface area contributed by atoms with Crippen LogP contribution in [0.3, 0.4) is 0 Å². The van der Waals surface area contributed by atoms with Gasteiger partial charge in [-0.15, -0.1) is 0 Å². The molecular formula is C14H23N3O2. The Labute approximate surface area is 114 Å². The van der Waals surface area contributed by atoms with Crippen LogP contribution in [0.4, 0.5) is 0 Å². The highest BCUT2D eigenvalue weighted by molar-refractivity contribution is 5.85. The predicted octanol–water partition coefficient (Wildman–Crippen LogP) is 1.55. The van der Waals surface area contributed by atoms with E-state index in [-0.39, 0.29) is 5.69 Å². The summed E-state index contributed by atoms with van der Waals surface area (Å²) >= 11 is 0. The van der Waals surface area contributed by atoms with Crippen LogP contribution in [0.15, 0.2) is 18.2 Å². The predicted molar refractivity (Wildman–Crippen MR) is 75.3 cm³/mol. The van der Waals surface area contributed by atoms with Crippen LogP contribution in [0.1, 0.15) is 30.0 Å². The van der Waals surface area contributed by atoms with E-state index in [1.807, 2.05) is 20.2 Å². The zero-order valence-corrected chi connectivity index (χ0v) is 12.1. The second-order valence-corrected chi connectivity index (χ2v) is 4.99. The van der Waals surface area contributed by atoms with Gasteiger partial charge >= 0.3 is 5.97 Å². The van der Waals surface area contributed by atoms with Crippen molar-refractivity contribution in [1.82, 2.24) is 14.8 Å². The maximum absolute atomic E-state index is 10.9. The molecular weight excluding hydrogens is 242 g/mol. The summed E-state index contributed by atoms with van der Waals surface area (Å²) in [7, 11) is 4.10. The van der Waals surface area contributed by atoms with Crippen LogP contribution in [-0.4, -0.2) is 59.1 Å². The van der Waals surface area contributed by atoms with Crippen molar-refractivity contribution in [2.45, 2.75) is 26.4 Å². The van der Waals surface area contributed by atoms with Crippen molar-refractivity contribution in [3.63, 3.8) is 0 Å². The Bertz CT molecular complexity index is 421. The molecule has 0 aliphatic carbocycles. The number of carbonyl (C=O) groups is 1. The molecule has 1 aromatic rings. The van der Waals surface area contributed by atoms with Crippen LogP contribution in [0, 0.1) is 0 Å². The lowest BCUT2D eigenvalue weighted by molar-refractivity contribution is 0.0689. The largest absolute Gasteiger partial charge is 0.477 e. The summed E-state index contributed by atoms with van der Waals surface area (Å²) in [5.41, 5.74) is 0.904. The van der Waals surface area contributed by atoms with Gasteiger partial charge in [-0.25, -0.2) is 9.78 Å². The quantitative estimate of drug-likeness (QED) is 0.810. The summed E-state index contributed by atoms with van der Waals surface area (Å²) in [6.45, 7) is 6.82.